The number of urea groups is 1. The zero-order chi connectivity index (χ0) is 20.1. The molecule has 0 spiro atoms. The van der Waals surface area contributed by atoms with Crippen molar-refractivity contribution in [3.63, 3.8) is 0 Å². The Kier molecular flexibility index (Phi) is 6.57. The van der Waals surface area contributed by atoms with Crippen LogP contribution in [-0.2, 0) is 6.42 Å². The SMILES string of the molecule is CCc1ccc(NC(=O)N2CCSC2c2cc(OC)c(OC)cc2OC)cc1. The Hall–Kier alpha value is -2.54. The molecule has 0 aliphatic carbocycles. The molecule has 1 saturated heterocycles. The number of thioether (sulfide) groups is 1. The molecule has 0 aromatic heterocycles. The summed E-state index contributed by atoms with van der Waals surface area (Å²) in [7, 11) is 4.80. The van der Waals surface area contributed by atoms with Gasteiger partial charge in [0.25, 0.3) is 0 Å². The molecule has 2 aromatic carbocycles. The average molecular weight is 403 g/mol. The van der Waals surface area contributed by atoms with Gasteiger partial charge in [0, 0.05) is 29.6 Å². The van der Waals surface area contributed by atoms with E-state index in [0.717, 1.165) is 23.4 Å². The van der Waals surface area contributed by atoms with Crippen LogP contribution in [0, 0.1) is 0 Å². The van der Waals surface area contributed by atoms with Gasteiger partial charge in [0.05, 0.1) is 21.3 Å². The molecule has 1 aliphatic heterocycles. The fourth-order valence-corrected chi connectivity index (χ4v) is 4.47. The minimum atomic E-state index is -0.162. The van der Waals surface area contributed by atoms with Gasteiger partial charge in [-0.15, -0.1) is 11.8 Å². The molecule has 3 rings (SSSR count). The van der Waals surface area contributed by atoms with Gasteiger partial charge in [0.1, 0.15) is 11.1 Å². The lowest BCUT2D eigenvalue weighted by atomic mass is 10.1. The van der Waals surface area contributed by atoms with E-state index in [2.05, 4.69) is 12.2 Å². The topological polar surface area (TPSA) is 60.0 Å². The molecule has 150 valence electrons. The first kappa shape index (κ1) is 20.2. The predicted molar refractivity (Wildman–Crippen MR) is 113 cm³/mol. The van der Waals surface area contributed by atoms with Gasteiger partial charge in [0.15, 0.2) is 11.5 Å². The van der Waals surface area contributed by atoms with Gasteiger partial charge in [0.2, 0.25) is 0 Å². The van der Waals surface area contributed by atoms with E-state index in [4.69, 9.17) is 14.2 Å². The normalized spacial score (nSPS) is 16.0. The maximum Gasteiger partial charge on any atom is 0.323 e. The molecule has 28 heavy (non-hydrogen) atoms. The number of ether oxygens (including phenoxy) is 3. The number of nitrogens with one attached hydrogen (secondary N) is 1. The summed E-state index contributed by atoms with van der Waals surface area (Å²) in [6.45, 7) is 2.77. The minimum Gasteiger partial charge on any atom is -0.496 e. The molecular formula is C21H26N2O4S. The molecule has 1 fully saturated rings. The molecule has 0 bridgehead atoms. The van der Waals surface area contributed by atoms with Crippen molar-refractivity contribution in [3.05, 3.63) is 47.5 Å². The first-order valence-electron chi connectivity index (χ1n) is 9.19. The largest absolute Gasteiger partial charge is 0.496 e. The molecule has 1 aliphatic rings. The first-order valence-corrected chi connectivity index (χ1v) is 10.2. The summed E-state index contributed by atoms with van der Waals surface area (Å²) >= 11 is 1.70. The summed E-state index contributed by atoms with van der Waals surface area (Å²) in [4.78, 5) is 14.8. The van der Waals surface area contributed by atoms with Crippen molar-refractivity contribution in [2.75, 3.05) is 38.9 Å². The van der Waals surface area contributed by atoms with E-state index in [-0.39, 0.29) is 11.4 Å². The van der Waals surface area contributed by atoms with Crippen LogP contribution >= 0.6 is 11.8 Å². The predicted octanol–water partition coefficient (Wildman–Crippen LogP) is 4.55. The van der Waals surface area contributed by atoms with Crippen molar-refractivity contribution in [1.29, 1.82) is 0 Å². The molecule has 1 heterocycles. The Labute approximate surface area is 170 Å². The molecule has 6 nitrogen and oxygen atoms in total. The van der Waals surface area contributed by atoms with Crippen molar-refractivity contribution in [3.8, 4) is 17.2 Å². The van der Waals surface area contributed by atoms with Gasteiger partial charge in [-0.3, -0.25) is 0 Å². The van der Waals surface area contributed by atoms with Crippen molar-refractivity contribution in [2.24, 2.45) is 0 Å². The highest BCUT2D eigenvalue weighted by atomic mass is 32.2. The number of carbonyl (C=O) groups is 1. The number of aryl methyl sites for hydroxylation is 1. The number of anilines is 1. The lowest BCUT2D eigenvalue weighted by Gasteiger charge is -2.26. The smallest absolute Gasteiger partial charge is 0.323 e. The monoisotopic (exact) mass is 402 g/mol. The Bertz CT molecular complexity index is 826. The third-order valence-electron chi connectivity index (χ3n) is 4.77. The van der Waals surface area contributed by atoms with E-state index in [1.54, 1.807) is 39.2 Å². The second kappa shape index (κ2) is 9.10. The summed E-state index contributed by atoms with van der Waals surface area (Å²) in [5.74, 6) is 2.73. The molecule has 7 heteroatoms. The van der Waals surface area contributed by atoms with E-state index in [1.807, 2.05) is 35.2 Å². The summed E-state index contributed by atoms with van der Waals surface area (Å²) in [6.07, 6.45) is 0.970. The van der Waals surface area contributed by atoms with Crippen LogP contribution in [0.1, 0.15) is 23.4 Å². The number of hydrogen-bond donors (Lipinski definition) is 1. The van der Waals surface area contributed by atoms with Gasteiger partial charge in [-0.2, -0.15) is 0 Å². The molecule has 1 unspecified atom stereocenters. The summed E-state index contributed by atoms with van der Waals surface area (Å²) < 4.78 is 16.4. The lowest BCUT2D eigenvalue weighted by molar-refractivity contribution is 0.213. The second-order valence-corrected chi connectivity index (χ2v) is 7.53. The fourth-order valence-electron chi connectivity index (χ4n) is 3.20. The van der Waals surface area contributed by atoms with Crippen LogP contribution in [0.5, 0.6) is 17.2 Å². The molecule has 0 radical (unpaired) electrons. The highest BCUT2D eigenvalue weighted by molar-refractivity contribution is 7.99. The zero-order valence-corrected chi connectivity index (χ0v) is 17.5. The Morgan fingerprint density at radius 3 is 2.32 bits per heavy atom. The van der Waals surface area contributed by atoms with Gasteiger partial charge < -0.3 is 24.4 Å². The molecular weight excluding hydrogens is 376 g/mol. The number of amides is 2. The number of nitrogens with zero attached hydrogens (tertiary/aromatic N) is 1. The summed E-state index contributed by atoms with van der Waals surface area (Å²) in [5, 5.41) is 2.84. The lowest BCUT2D eigenvalue weighted by Crippen LogP contribution is -2.34. The van der Waals surface area contributed by atoms with E-state index in [1.165, 1.54) is 5.56 Å². The van der Waals surface area contributed by atoms with Gasteiger partial charge in [-0.05, 0) is 30.2 Å². The Morgan fingerprint density at radius 1 is 1.07 bits per heavy atom. The number of rotatable bonds is 6. The maximum atomic E-state index is 12.9. The van der Waals surface area contributed by atoms with Gasteiger partial charge in [-0.1, -0.05) is 19.1 Å². The number of benzene rings is 2. The van der Waals surface area contributed by atoms with E-state index < -0.39 is 0 Å². The standard InChI is InChI=1S/C21H26N2O4S/c1-5-14-6-8-15(9-7-14)22-21(24)23-10-11-28-20(23)16-12-18(26-3)19(27-4)13-17(16)25-2/h6-9,12-13,20H,5,10-11H2,1-4H3,(H,22,24). The minimum absolute atomic E-state index is 0.129. The molecule has 1 atom stereocenters. The Balaban J connectivity index is 1.84. The molecule has 2 amide bonds. The average Bonchev–Trinajstić information content (AvgIpc) is 3.23. The van der Waals surface area contributed by atoms with E-state index in [9.17, 15) is 4.79 Å². The van der Waals surface area contributed by atoms with Crippen LogP contribution in [-0.4, -0.2) is 44.6 Å². The van der Waals surface area contributed by atoms with Gasteiger partial charge >= 0.3 is 6.03 Å². The third kappa shape index (κ3) is 4.14. The van der Waals surface area contributed by atoms with Crippen molar-refractivity contribution in [2.45, 2.75) is 18.7 Å². The van der Waals surface area contributed by atoms with Crippen LogP contribution < -0.4 is 19.5 Å². The van der Waals surface area contributed by atoms with Crippen LogP contribution in [0.25, 0.3) is 0 Å². The fraction of sp³-hybridized carbons (Fsp3) is 0.381. The highest BCUT2D eigenvalue weighted by Gasteiger charge is 2.33. The highest BCUT2D eigenvalue weighted by Crippen LogP contribution is 2.46. The second-order valence-electron chi connectivity index (χ2n) is 6.35. The van der Waals surface area contributed by atoms with Gasteiger partial charge in [-0.25, -0.2) is 4.79 Å². The third-order valence-corrected chi connectivity index (χ3v) is 6.01. The molecule has 1 N–H and O–H groups in total. The zero-order valence-electron chi connectivity index (χ0n) is 16.7. The number of methoxy groups -OCH3 is 3. The van der Waals surface area contributed by atoms with Crippen molar-refractivity contribution >= 4 is 23.5 Å². The van der Waals surface area contributed by atoms with Crippen LogP contribution in [0.4, 0.5) is 10.5 Å². The first-order chi connectivity index (χ1) is 13.6. The quantitative estimate of drug-likeness (QED) is 0.768. The molecule has 2 aromatic rings. The van der Waals surface area contributed by atoms with Crippen LogP contribution in [0.3, 0.4) is 0 Å². The number of hydrogen-bond acceptors (Lipinski definition) is 5. The van der Waals surface area contributed by atoms with E-state index >= 15 is 0 Å². The molecule has 0 saturated carbocycles. The van der Waals surface area contributed by atoms with Crippen LogP contribution in [0.15, 0.2) is 36.4 Å². The van der Waals surface area contributed by atoms with Crippen molar-refractivity contribution in [1.82, 2.24) is 4.90 Å². The number of carbonyl (C=O) groups excluding carboxylic acids is 1. The summed E-state index contributed by atoms with van der Waals surface area (Å²) in [6, 6.07) is 11.5. The summed E-state index contributed by atoms with van der Waals surface area (Å²) in [5.41, 5.74) is 2.92. The van der Waals surface area contributed by atoms with Crippen molar-refractivity contribution < 1.29 is 19.0 Å². The maximum absolute atomic E-state index is 12.9. The Morgan fingerprint density at radius 2 is 1.71 bits per heavy atom. The van der Waals surface area contributed by atoms with Crippen LogP contribution in [0.2, 0.25) is 0 Å². The van der Waals surface area contributed by atoms with E-state index in [0.29, 0.717) is 23.8 Å².